The van der Waals surface area contributed by atoms with E-state index in [4.69, 9.17) is 0 Å². The Hall–Kier alpha value is -4.05. The minimum Gasteiger partial charge on any atom is -0.345 e. The van der Waals surface area contributed by atoms with Crippen LogP contribution in [0.2, 0.25) is 0 Å². The van der Waals surface area contributed by atoms with E-state index in [1.807, 2.05) is 24.3 Å². The van der Waals surface area contributed by atoms with Gasteiger partial charge in [0.25, 0.3) is 11.6 Å². The smallest absolute Gasteiger partial charge is 0.269 e. The van der Waals surface area contributed by atoms with Gasteiger partial charge in [0.15, 0.2) is 11.0 Å². The molecular weight excluding hydrogens is 505 g/mol. The van der Waals surface area contributed by atoms with Crippen LogP contribution in [0.3, 0.4) is 0 Å². The second-order valence-electron chi connectivity index (χ2n) is 8.76. The Morgan fingerprint density at radius 1 is 0.974 bits per heavy atom. The standard InChI is InChI=1S/C28H28FN5O3S/c1-2-3-4-5-20-6-10-22(11-7-20)27(35)30-18-26-31-32-28(38-19-21-8-12-23(29)13-9-21)33(26)24-14-16-25(17-15-24)34(36)37/h6-17H,2-5,18-19H2,1H3,(H,30,35). The van der Waals surface area contributed by atoms with E-state index in [0.29, 0.717) is 28.0 Å². The van der Waals surface area contributed by atoms with Crippen molar-refractivity contribution < 1.29 is 14.1 Å². The van der Waals surface area contributed by atoms with Crippen molar-refractivity contribution in [2.45, 2.75) is 50.1 Å². The van der Waals surface area contributed by atoms with Crippen molar-refractivity contribution in [1.29, 1.82) is 0 Å². The van der Waals surface area contributed by atoms with E-state index in [2.05, 4.69) is 22.4 Å². The first-order chi connectivity index (χ1) is 18.4. The van der Waals surface area contributed by atoms with Crippen LogP contribution < -0.4 is 5.32 Å². The number of hydrogen-bond donors (Lipinski definition) is 1. The summed E-state index contributed by atoms with van der Waals surface area (Å²) in [4.78, 5) is 23.5. The summed E-state index contributed by atoms with van der Waals surface area (Å²) >= 11 is 1.39. The highest BCUT2D eigenvalue weighted by atomic mass is 32.2. The Labute approximate surface area is 224 Å². The topological polar surface area (TPSA) is 103 Å². The summed E-state index contributed by atoms with van der Waals surface area (Å²) in [6, 6.07) is 19.9. The van der Waals surface area contributed by atoms with Crippen molar-refractivity contribution in [3.05, 3.63) is 111 Å². The fourth-order valence-electron chi connectivity index (χ4n) is 3.88. The van der Waals surface area contributed by atoms with E-state index in [1.54, 1.807) is 28.8 Å². The Morgan fingerprint density at radius 2 is 1.66 bits per heavy atom. The maximum absolute atomic E-state index is 13.3. The van der Waals surface area contributed by atoms with Gasteiger partial charge in [-0.25, -0.2) is 4.39 Å². The number of nitrogens with one attached hydrogen (secondary N) is 1. The highest BCUT2D eigenvalue weighted by Gasteiger charge is 2.17. The maximum Gasteiger partial charge on any atom is 0.269 e. The zero-order valence-corrected chi connectivity index (χ0v) is 21.8. The van der Waals surface area contributed by atoms with Gasteiger partial charge in [-0.1, -0.05) is 55.8 Å². The molecule has 8 nitrogen and oxygen atoms in total. The number of amides is 1. The number of unbranched alkanes of at least 4 members (excludes halogenated alkanes) is 2. The van der Waals surface area contributed by atoms with Crippen molar-refractivity contribution in [3.63, 3.8) is 0 Å². The molecule has 0 aliphatic rings. The number of benzene rings is 3. The third-order valence-electron chi connectivity index (χ3n) is 5.99. The second-order valence-corrected chi connectivity index (χ2v) is 9.70. The van der Waals surface area contributed by atoms with Crippen molar-refractivity contribution >= 4 is 23.4 Å². The van der Waals surface area contributed by atoms with E-state index in [0.717, 1.165) is 24.8 Å². The molecule has 0 saturated carbocycles. The highest BCUT2D eigenvalue weighted by molar-refractivity contribution is 7.98. The Balaban J connectivity index is 1.50. The molecule has 196 valence electrons. The molecule has 1 aromatic heterocycles. The fourth-order valence-corrected chi connectivity index (χ4v) is 4.81. The van der Waals surface area contributed by atoms with E-state index < -0.39 is 4.92 Å². The van der Waals surface area contributed by atoms with Gasteiger partial charge in [0.2, 0.25) is 0 Å². The molecule has 4 rings (SSSR count). The lowest BCUT2D eigenvalue weighted by molar-refractivity contribution is -0.384. The summed E-state index contributed by atoms with van der Waals surface area (Å²) < 4.78 is 15.0. The number of hydrogen-bond acceptors (Lipinski definition) is 6. The molecule has 38 heavy (non-hydrogen) atoms. The summed E-state index contributed by atoms with van der Waals surface area (Å²) in [7, 11) is 0. The van der Waals surface area contributed by atoms with Gasteiger partial charge < -0.3 is 5.32 Å². The largest absolute Gasteiger partial charge is 0.345 e. The van der Waals surface area contributed by atoms with Crippen LogP contribution in [0, 0.1) is 15.9 Å². The Kier molecular flexibility index (Phi) is 9.21. The molecule has 1 N–H and O–H groups in total. The molecule has 1 heterocycles. The summed E-state index contributed by atoms with van der Waals surface area (Å²) in [5.74, 6) is 0.452. The molecule has 0 radical (unpaired) electrons. The minimum atomic E-state index is -0.462. The number of non-ortho nitro benzene ring substituents is 1. The van der Waals surface area contributed by atoms with E-state index >= 15 is 0 Å². The molecule has 0 fully saturated rings. The van der Waals surface area contributed by atoms with Crippen LogP contribution in [-0.4, -0.2) is 25.6 Å². The number of halogens is 1. The molecule has 0 unspecified atom stereocenters. The van der Waals surface area contributed by atoms with Crippen LogP contribution in [0.1, 0.15) is 53.5 Å². The summed E-state index contributed by atoms with van der Waals surface area (Å²) in [5.41, 5.74) is 3.26. The fraction of sp³-hybridized carbons (Fsp3) is 0.250. The quantitative estimate of drug-likeness (QED) is 0.0996. The third-order valence-corrected chi connectivity index (χ3v) is 6.99. The van der Waals surface area contributed by atoms with E-state index in [-0.39, 0.29) is 24.0 Å². The molecule has 0 aliphatic heterocycles. The van der Waals surface area contributed by atoms with Crippen molar-refractivity contribution in [2.75, 3.05) is 0 Å². The second kappa shape index (κ2) is 13.0. The number of rotatable bonds is 12. The average Bonchev–Trinajstić information content (AvgIpc) is 3.34. The SMILES string of the molecule is CCCCCc1ccc(C(=O)NCc2nnc(SCc3ccc(F)cc3)n2-c2ccc([N+](=O)[O-])cc2)cc1. The molecule has 0 spiro atoms. The van der Waals surface area contributed by atoms with Crippen molar-refractivity contribution in [1.82, 2.24) is 20.1 Å². The first-order valence-corrected chi connectivity index (χ1v) is 13.4. The predicted molar refractivity (Wildman–Crippen MR) is 145 cm³/mol. The van der Waals surface area contributed by atoms with E-state index in [1.165, 1.54) is 48.0 Å². The van der Waals surface area contributed by atoms with Crippen molar-refractivity contribution in [2.24, 2.45) is 0 Å². The zero-order valence-electron chi connectivity index (χ0n) is 21.0. The number of aryl methyl sites for hydroxylation is 1. The number of nitro groups is 1. The lowest BCUT2D eigenvalue weighted by Gasteiger charge is -2.11. The van der Waals surface area contributed by atoms with Crippen LogP contribution >= 0.6 is 11.8 Å². The minimum absolute atomic E-state index is 0.0321. The molecule has 1 amide bonds. The van der Waals surface area contributed by atoms with Gasteiger partial charge >= 0.3 is 0 Å². The van der Waals surface area contributed by atoms with Crippen LogP contribution in [0.15, 0.2) is 78.0 Å². The van der Waals surface area contributed by atoms with Crippen LogP contribution in [0.25, 0.3) is 5.69 Å². The predicted octanol–water partition coefficient (Wildman–Crippen LogP) is 6.27. The third kappa shape index (κ3) is 7.04. The molecule has 0 atom stereocenters. The van der Waals surface area contributed by atoms with Gasteiger partial charge in [-0.3, -0.25) is 19.5 Å². The Morgan fingerprint density at radius 3 is 2.32 bits per heavy atom. The highest BCUT2D eigenvalue weighted by Crippen LogP contribution is 2.26. The first-order valence-electron chi connectivity index (χ1n) is 12.4. The Bertz CT molecular complexity index is 1370. The number of thioether (sulfide) groups is 1. The molecule has 0 saturated heterocycles. The number of nitro benzene ring substituents is 1. The average molecular weight is 534 g/mol. The molecule has 10 heteroatoms. The number of nitrogens with zero attached hydrogens (tertiary/aromatic N) is 4. The molecular formula is C28H28FN5O3S. The van der Waals surface area contributed by atoms with Crippen LogP contribution in [0.5, 0.6) is 0 Å². The summed E-state index contributed by atoms with van der Waals surface area (Å²) in [6.45, 7) is 2.28. The van der Waals surface area contributed by atoms with E-state index in [9.17, 15) is 19.3 Å². The normalized spacial score (nSPS) is 10.9. The number of aromatic nitrogens is 3. The zero-order chi connectivity index (χ0) is 26.9. The maximum atomic E-state index is 13.3. The molecule has 0 bridgehead atoms. The molecule has 4 aromatic rings. The molecule has 0 aliphatic carbocycles. The first kappa shape index (κ1) is 27.0. The lowest BCUT2D eigenvalue weighted by atomic mass is 10.1. The van der Waals surface area contributed by atoms with Gasteiger partial charge in [-0.05, 0) is 60.4 Å². The van der Waals surface area contributed by atoms with Gasteiger partial charge in [0, 0.05) is 29.1 Å². The molecule has 3 aromatic carbocycles. The van der Waals surface area contributed by atoms with Gasteiger partial charge in [0.05, 0.1) is 11.5 Å². The number of carbonyl (C=O) groups is 1. The van der Waals surface area contributed by atoms with Crippen molar-refractivity contribution in [3.8, 4) is 5.69 Å². The van der Waals surface area contributed by atoms with Gasteiger partial charge in [-0.2, -0.15) is 0 Å². The number of carbonyl (C=O) groups excluding carboxylic acids is 1. The van der Waals surface area contributed by atoms with Gasteiger partial charge in [0.1, 0.15) is 5.82 Å². The van der Waals surface area contributed by atoms with Crippen LogP contribution in [-0.2, 0) is 18.7 Å². The summed E-state index contributed by atoms with van der Waals surface area (Å²) in [5, 5.41) is 23.1. The van der Waals surface area contributed by atoms with Gasteiger partial charge in [-0.15, -0.1) is 10.2 Å². The summed E-state index contributed by atoms with van der Waals surface area (Å²) in [6.07, 6.45) is 4.47. The monoisotopic (exact) mass is 533 g/mol. The lowest BCUT2D eigenvalue weighted by Crippen LogP contribution is -2.24. The van der Waals surface area contributed by atoms with Crippen LogP contribution in [0.4, 0.5) is 10.1 Å².